The van der Waals surface area contributed by atoms with Gasteiger partial charge in [0.05, 0.1) is 11.6 Å². The normalized spacial score (nSPS) is 27.5. The lowest BCUT2D eigenvalue weighted by Gasteiger charge is -2.25. The molecule has 0 radical (unpaired) electrons. The molecule has 4 rings (SSSR count). The highest BCUT2D eigenvalue weighted by Crippen LogP contribution is 2.45. The summed E-state index contributed by atoms with van der Waals surface area (Å²) in [6, 6.07) is 8.46. The Morgan fingerprint density at radius 3 is 2.71 bits per heavy atom. The first-order chi connectivity index (χ1) is 10.2. The zero-order chi connectivity index (χ0) is 14.6. The Labute approximate surface area is 122 Å². The number of hydrogen-bond acceptors (Lipinski definition) is 4. The summed E-state index contributed by atoms with van der Waals surface area (Å²) in [5.41, 5.74) is 0.913. The van der Waals surface area contributed by atoms with Gasteiger partial charge in [-0.3, -0.25) is 4.79 Å². The lowest BCUT2D eigenvalue weighted by molar-refractivity contribution is -0.142. The van der Waals surface area contributed by atoms with E-state index in [0.29, 0.717) is 0 Å². The summed E-state index contributed by atoms with van der Waals surface area (Å²) in [4.78, 5) is 13.6. The molecule has 1 N–H and O–H groups in total. The van der Waals surface area contributed by atoms with E-state index in [1.165, 1.54) is 0 Å². The maximum atomic E-state index is 11.4. The van der Waals surface area contributed by atoms with Crippen molar-refractivity contribution < 1.29 is 9.90 Å². The van der Waals surface area contributed by atoms with E-state index in [2.05, 4.69) is 27.2 Å². The maximum Gasteiger partial charge on any atom is 0.308 e. The number of carbonyl (C=O) groups is 1. The average molecular weight is 283 g/mol. The van der Waals surface area contributed by atoms with E-state index in [1.807, 2.05) is 19.1 Å². The van der Waals surface area contributed by atoms with Gasteiger partial charge in [-0.1, -0.05) is 24.3 Å². The van der Waals surface area contributed by atoms with E-state index < -0.39 is 5.97 Å². The molecule has 2 saturated heterocycles. The highest BCUT2D eigenvalue weighted by molar-refractivity contribution is 5.94. The molecule has 3 atom stereocenters. The fraction of sp³-hybridized carbons (Fsp3) is 0.438. The van der Waals surface area contributed by atoms with E-state index in [0.717, 1.165) is 41.5 Å². The Morgan fingerprint density at radius 2 is 2.00 bits per heavy atom. The lowest BCUT2D eigenvalue weighted by atomic mass is 9.89. The minimum Gasteiger partial charge on any atom is -0.481 e. The Balaban J connectivity index is 1.85. The SMILES string of the molecule is Cc1nnc(N2C3CCC2C(C(=O)O)C3)c2ccccc12. The van der Waals surface area contributed by atoms with Crippen LogP contribution in [0, 0.1) is 12.8 Å². The van der Waals surface area contributed by atoms with Crippen molar-refractivity contribution in [1.82, 2.24) is 10.2 Å². The fourth-order valence-electron chi connectivity index (χ4n) is 4.00. The predicted molar refractivity (Wildman–Crippen MR) is 79.3 cm³/mol. The number of benzene rings is 1. The average Bonchev–Trinajstić information content (AvgIpc) is 3.06. The molecule has 1 aromatic heterocycles. The van der Waals surface area contributed by atoms with Crippen LogP contribution in [0.25, 0.3) is 10.8 Å². The van der Waals surface area contributed by atoms with Crippen LogP contribution in [0.15, 0.2) is 24.3 Å². The van der Waals surface area contributed by atoms with Crippen LogP contribution in [0.2, 0.25) is 0 Å². The molecular formula is C16H17N3O2. The fourth-order valence-corrected chi connectivity index (χ4v) is 4.00. The first-order valence-electron chi connectivity index (χ1n) is 7.40. The number of carboxylic acid groups (broad SMARTS) is 1. The maximum absolute atomic E-state index is 11.4. The van der Waals surface area contributed by atoms with Crippen LogP contribution in [0.1, 0.15) is 25.0 Å². The second-order valence-corrected chi connectivity index (χ2v) is 6.04. The third-order valence-electron chi connectivity index (χ3n) is 4.95. The molecule has 2 aliphatic heterocycles. The second kappa shape index (κ2) is 4.41. The summed E-state index contributed by atoms with van der Waals surface area (Å²) >= 11 is 0. The molecular weight excluding hydrogens is 266 g/mol. The Morgan fingerprint density at radius 1 is 1.24 bits per heavy atom. The summed E-state index contributed by atoms with van der Waals surface area (Å²) < 4.78 is 0. The van der Waals surface area contributed by atoms with Gasteiger partial charge in [0, 0.05) is 22.9 Å². The van der Waals surface area contributed by atoms with E-state index in [1.54, 1.807) is 0 Å². The predicted octanol–water partition coefficient (Wildman–Crippen LogP) is 2.38. The van der Waals surface area contributed by atoms with E-state index in [4.69, 9.17) is 0 Å². The van der Waals surface area contributed by atoms with Gasteiger partial charge in [0.1, 0.15) is 0 Å². The van der Waals surface area contributed by atoms with Crippen LogP contribution in [0.5, 0.6) is 0 Å². The molecule has 2 aromatic rings. The largest absolute Gasteiger partial charge is 0.481 e. The van der Waals surface area contributed by atoms with Gasteiger partial charge < -0.3 is 10.0 Å². The van der Waals surface area contributed by atoms with Crippen molar-refractivity contribution in [3.8, 4) is 0 Å². The monoisotopic (exact) mass is 283 g/mol. The van der Waals surface area contributed by atoms with Gasteiger partial charge in [-0.2, -0.15) is 5.10 Å². The second-order valence-electron chi connectivity index (χ2n) is 6.04. The molecule has 2 bridgehead atoms. The number of aliphatic carboxylic acids is 1. The van der Waals surface area contributed by atoms with Crippen molar-refractivity contribution >= 4 is 22.6 Å². The lowest BCUT2D eigenvalue weighted by Crippen LogP contribution is -2.33. The number of nitrogens with zero attached hydrogens (tertiary/aromatic N) is 3. The molecule has 3 unspecified atom stereocenters. The van der Waals surface area contributed by atoms with Gasteiger partial charge in [-0.05, 0) is 26.2 Å². The van der Waals surface area contributed by atoms with Crippen LogP contribution >= 0.6 is 0 Å². The van der Waals surface area contributed by atoms with Crippen molar-refractivity contribution in [2.24, 2.45) is 5.92 Å². The number of aryl methyl sites for hydroxylation is 1. The summed E-state index contributed by atoms with van der Waals surface area (Å²) in [5.74, 6) is -0.102. The smallest absolute Gasteiger partial charge is 0.308 e. The van der Waals surface area contributed by atoms with Gasteiger partial charge in [0.2, 0.25) is 0 Å². The third-order valence-corrected chi connectivity index (χ3v) is 4.95. The molecule has 3 heterocycles. The number of fused-ring (bicyclic) bond motifs is 3. The number of rotatable bonds is 2. The van der Waals surface area contributed by atoms with Crippen LogP contribution in [0.3, 0.4) is 0 Å². The highest BCUT2D eigenvalue weighted by Gasteiger charge is 2.50. The van der Waals surface area contributed by atoms with E-state index >= 15 is 0 Å². The first-order valence-corrected chi connectivity index (χ1v) is 7.40. The van der Waals surface area contributed by atoms with Gasteiger partial charge in [-0.15, -0.1) is 5.10 Å². The van der Waals surface area contributed by atoms with Crippen molar-refractivity contribution in [3.05, 3.63) is 30.0 Å². The summed E-state index contributed by atoms with van der Waals surface area (Å²) in [5, 5.41) is 20.3. The molecule has 0 amide bonds. The topological polar surface area (TPSA) is 66.3 Å². The van der Waals surface area contributed by atoms with Crippen molar-refractivity contribution in [2.75, 3.05) is 4.90 Å². The summed E-state index contributed by atoms with van der Waals surface area (Å²) in [7, 11) is 0. The number of hydrogen-bond donors (Lipinski definition) is 1. The Kier molecular flexibility index (Phi) is 2.64. The molecule has 0 spiro atoms. The minimum atomic E-state index is -0.684. The molecule has 0 saturated carbocycles. The first kappa shape index (κ1) is 12.6. The molecule has 5 nitrogen and oxygen atoms in total. The highest BCUT2D eigenvalue weighted by atomic mass is 16.4. The van der Waals surface area contributed by atoms with Crippen LogP contribution in [-0.4, -0.2) is 33.4 Å². The summed E-state index contributed by atoms with van der Waals surface area (Å²) in [6.07, 6.45) is 2.72. The molecule has 0 aliphatic carbocycles. The standard InChI is InChI=1S/C16H17N3O2/c1-9-11-4-2-3-5-12(11)15(18-17-9)19-10-6-7-14(19)13(8-10)16(20)21/h2-5,10,13-14H,6-8H2,1H3,(H,20,21). The Bertz CT molecular complexity index is 731. The third kappa shape index (κ3) is 1.73. The van der Waals surface area contributed by atoms with Gasteiger partial charge in [0.15, 0.2) is 5.82 Å². The summed E-state index contributed by atoms with van der Waals surface area (Å²) in [6.45, 7) is 1.96. The van der Waals surface area contributed by atoms with Gasteiger partial charge in [-0.25, -0.2) is 0 Å². The van der Waals surface area contributed by atoms with Gasteiger partial charge in [0.25, 0.3) is 0 Å². The molecule has 5 heteroatoms. The zero-order valence-corrected chi connectivity index (χ0v) is 11.9. The Hall–Kier alpha value is -2.17. The number of carboxylic acids is 1. The van der Waals surface area contributed by atoms with Crippen molar-refractivity contribution in [1.29, 1.82) is 0 Å². The molecule has 21 heavy (non-hydrogen) atoms. The molecule has 1 aromatic carbocycles. The van der Waals surface area contributed by atoms with E-state index in [-0.39, 0.29) is 18.0 Å². The van der Waals surface area contributed by atoms with Crippen LogP contribution < -0.4 is 4.90 Å². The molecule has 2 fully saturated rings. The number of anilines is 1. The van der Waals surface area contributed by atoms with Crippen molar-refractivity contribution in [3.63, 3.8) is 0 Å². The van der Waals surface area contributed by atoms with Crippen molar-refractivity contribution in [2.45, 2.75) is 38.3 Å². The minimum absolute atomic E-state index is 0.0629. The van der Waals surface area contributed by atoms with E-state index in [9.17, 15) is 9.90 Å². The van der Waals surface area contributed by atoms with Crippen LogP contribution in [0.4, 0.5) is 5.82 Å². The van der Waals surface area contributed by atoms with Gasteiger partial charge >= 0.3 is 5.97 Å². The quantitative estimate of drug-likeness (QED) is 0.916. The molecule has 108 valence electrons. The number of aromatic nitrogens is 2. The van der Waals surface area contributed by atoms with Crippen LogP contribution in [-0.2, 0) is 4.79 Å². The molecule has 2 aliphatic rings. The zero-order valence-electron chi connectivity index (χ0n) is 11.9.